The van der Waals surface area contributed by atoms with E-state index in [9.17, 15) is 15.2 Å². The van der Waals surface area contributed by atoms with Crippen LogP contribution >= 0.6 is 0 Å². The zero-order valence-electron chi connectivity index (χ0n) is 11.5. The number of nitro groups is 1. The average molecular weight is 275 g/mol. The quantitative estimate of drug-likeness (QED) is 0.670. The summed E-state index contributed by atoms with van der Waals surface area (Å²) in [6, 6.07) is 8.64. The first kappa shape index (κ1) is 14.3. The van der Waals surface area contributed by atoms with Crippen LogP contribution in [-0.2, 0) is 12.8 Å². The molecule has 0 saturated heterocycles. The van der Waals surface area contributed by atoms with Crippen LogP contribution in [0, 0.1) is 10.1 Å². The molecule has 0 aliphatic rings. The molecule has 20 heavy (non-hydrogen) atoms. The van der Waals surface area contributed by atoms with E-state index in [0.717, 1.165) is 29.5 Å². The molecule has 0 bridgehead atoms. The number of rotatable bonds is 5. The van der Waals surface area contributed by atoms with Crippen LogP contribution in [0.15, 0.2) is 34.7 Å². The predicted octanol–water partition coefficient (Wildman–Crippen LogP) is 3.39. The number of hydrogen-bond donors (Lipinski definition) is 1. The number of benzene rings is 1. The minimum atomic E-state index is -0.981. The lowest BCUT2D eigenvalue weighted by atomic mass is 9.96. The van der Waals surface area contributed by atoms with Gasteiger partial charge >= 0.3 is 5.88 Å². The van der Waals surface area contributed by atoms with E-state index in [1.807, 2.05) is 32.0 Å². The Morgan fingerprint density at radius 1 is 1.25 bits per heavy atom. The third-order valence-electron chi connectivity index (χ3n) is 3.36. The maximum atomic E-state index is 10.6. The average Bonchev–Trinajstić information content (AvgIpc) is 2.95. The summed E-state index contributed by atoms with van der Waals surface area (Å²) in [5, 5.41) is 21.0. The summed E-state index contributed by atoms with van der Waals surface area (Å²) in [7, 11) is 0. The van der Waals surface area contributed by atoms with Gasteiger partial charge in [0.05, 0.1) is 6.07 Å². The van der Waals surface area contributed by atoms with Gasteiger partial charge in [-0.05, 0) is 35.6 Å². The van der Waals surface area contributed by atoms with Crippen LogP contribution in [0.3, 0.4) is 0 Å². The molecule has 2 rings (SSSR count). The molecule has 2 aromatic rings. The molecule has 0 amide bonds. The van der Waals surface area contributed by atoms with Crippen LogP contribution in [-0.4, -0.2) is 10.0 Å². The number of hydrogen-bond acceptors (Lipinski definition) is 4. The molecule has 1 aromatic heterocycles. The van der Waals surface area contributed by atoms with Crippen molar-refractivity contribution in [2.75, 3.05) is 0 Å². The Kier molecular flexibility index (Phi) is 4.20. The summed E-state index contributed by atoms with van der Waals surface area (Å²) in [4.78, 5) is 10.0. The fourth-order valence-electron chi connectivity index (χ4n) is 2.18. The maximum absolute atomic E-state index is 10.6. The van der Waals surface area contributed by atoms with Gasteiger partial charge in [0.2, 0.25) is 0 Å². The molecule has 0 fully saturated rings. The topological polar surface area (TPSA) is 76.5 Å². The van der Waals surface area contributed by atoms with Gasteiger partial charge in [-0.15, -0.1) is 0 Å². The summed E-state index contributed by atoms with van der Waals surface area (Å²) in [5.74, 6) is -0.164. The minimum Gasteiger partial charge on any atom is -0.403 e. The van der Waals surface area contributed by atoms with Gasteiger partial charge in [-0.2, -0.15) is 0 Å². The van der Waals surface area contributed by atoms with E-state index < -0.39 is 11.0 Å². The SMILES string of the molecule is CCc1ccc(CC)c(C(O)c2ccc([N+](=O)[O-])o2)c1. The zero-order valence-corrected chi connectivity index (χ0v) is 11.5. The summed E-state index contributed by atoms with van der Waals surface area (Å²) >= 11 is 0. The first-order valence-electron chi connectivity index (χ1n) is 6.60. The second kappa shape index (κ2) is 5.88. The highest BCUT2D eigenvalue weighted by molar-refractivity contribution is 5.37. The largest absolute Gasteiger partial charge is 0.433 e. The second-order valence-corrected chi connectivity index (χ2v) is 4.58. The maximum Gasteiger partial charge on any atom is 0.433 e. The van der Waals surface area contributed by atoms with E-state index in [4.69, 9.17) is 4.42 Å². The predicted molar refractivity (Wildman–Crippen MR) is 74.6 cm³/mol. The molecule has 1 aromatic carbocycles. The van der Waals surface area contributed by atoms with Crippen molar-refractivity contribution >= 4 is 5.88 Å². The molecule has 0 aliphatic carbocycles. The van der Waals surface area contributed by atoms with Gasteiger partial charge in [0.25, 0.3) is 0 Å². The van der Waals surface area contributed by atoms with Crippen molar-refractivity contribution in [3.63, 3.8) is 0 Å². The van der Waals surface area contributed by atoms with Crippen LogP contribution in [0.5, 0.6) is 0 Å². The van der Waals surface area contributed by atoms with Crippen LogP contribution < -0.4 is 0 Å². The molecule has 1 N–H and O–H groups in total. The number of furan rings is 1. The lowest BCUT2D eigenvalue weighted by Gasteiger charge is -2.14. The van der Waals surface area contributed by atoms with E-state index >= 15 is 0 Å². The van der Waals surface area contributed by atoms with Gasteiger partial charge in [0.15, 0.2) is 0 Å². The summed E-state index contributed by atoms with van der Waals surface area (Å²) in [6.07, 6.45) is 0.659. The molecule has 5 nitrogen and oxygen atoms in total. The molecule has 5 heteroatoms. The van der Waals surface area contributed by atoms with Crippen molar-refractivity contribution in [2.45, 2.75) is 32.8 Å². The summed E-state index contributed by atoms with van der Waals surface area (Å²) in [5.41, 5.74) is 2.86. The number of aliphatic hydroxyl groups is 1. The lowest BCUT2D eigenvalue weighted by Crippen LogP contribution is -2.03. The van der Waals surface area contributed by atoms with Crippen LogP contribution in [0.1, 0.15) is 42.4 Å². The van der Waals surface area contributed by atoms with Gasteiger partial charge < -0.3 is 9.52 Å². The Labute approximate surface area is 117 Å². The van der Waals surface area contributed by atoms with E-state index in [1.165, 1.54) is 12.1 Å². The van der Waals surface area contributed by atoms with Crippen molar-refractivity contribution in [1.82, 2.24) is 0 Å². The molecule has 1 heterocycles. The standard InChI is InChI=1S/C15H17NO4/c1-3-10-5-6-11(4-2)12(9-10)15(17)13-7-8-14(20-13)16(18)19/h5-9,15,17H,3-4H2,1-2H3. The highest BCUT2D eigenvalue weighted by Crippen LogP contribution is 2.29. The number of aryl methyl sites for hydroxylation is 2. The van der Waals surface area contributed by atoms with Crippen molar-refractivity contribution < 1.29 is 14.4 Å². The Morgan fingerprint density at radius 2 is 2.00 bits per heavy atom. The van der Waals surface area contributed by atoms with Crippen molar-refractivity contribution in [3.8, 4) is 0 Å². The third-order valence-corrected chi connectivity index (χ3v) is 3.36. The monoisotopic (exact) mass is 275 g/mol. The lowest BCUT2D eigenvalue weighted by molar-refractivity contribution is -0.402. The van der Waals surface area contributed by atoms with Crippen LogP contribution in [0.25, 0.3) is 0 Å². The Morgan fingerprint density at radius 3 is 2.55 bits per heavy atom. The van der Waals surface area contributed by atoms with Gasteiger partial charge in [-0.1, -0.05) is 32.0 Å². The zero-order chi connectivity index (χ0) is 14.7. The molecule has 0 radical (unpaired) electrons. The van der Waals surface area contributed by atoms with Gasteiger partial charge in [0.1, 0.15) is 16.8 Å². The molecule has 0 saturated carbocycles. The first-order chi connectivity index (χ1) is 9.56. The first-order valence-corrected chi connectivity index (χ1v) is 6.60. The molecule has 0 spiro atoms. The second-order valence-electron chi connectivity index (χ2n) is 4.58. The Bertz CT molecular complexity index is 618. The molecular formula is C15H17NO4. The van der Waals surface area contributed by atoms with Crippen molar-refractivity contribution in [3.05, 3.63) is 62.9 Å². The highest BCUT2D eigenvalue weighted by Gasteiger charge is 2.21. The van der Waals surface area contributed by atoms with Crippen LogP contribution in [0.4, 0.5) is 5.88 Å². The summed E-state index contributed by atoms with van der Waals surface area (Å²) < 4.78 is 5.09. The van der Waals surface area contributed by atoms with Crippen molar-refractivity contribution in [1.29, 1.82) is 0 Å². The molecular weight excluding hydrogens is 258 g/mol. The van der Waals surface area contributed by atoms with E-state index in [-0.39, 0.29) is 11.6 Å². The van der Waals surface area contributed by atoms with Gasteiger partial charge in [-0.25, -0.2) is 0 Å². The third kappa shape index (κ3) is 2.72. The van der Waals surface area contributed by atoms with E-state index in [0.29, 0.717) is 0 Å². The molecule has 0 aliphatic heterocycles. The fourth-order valence-corrected chi connectivity index (χ4v) is 2.18. The molecule has 1 atom stereocenters. The van der Waals surface area contributed by atoms with Crippen molar-refractivity contribution in [2.24, 2.45) is 0 Å². The minimum absolute atomic E-state index is 0.194. The Balaban J connectivity index is 2.40. The molecule has 1 unspecified atom stereocenters. The number of aliphatic hydroxyl groups excluding tert-OH is 1. The van der Waals surface area contributed by atoms with Gasteiger partial charge in [0, 0.05) is 0 Å². The van der Waals surface area contributed by atoms with E-state index in [2.05, 4.69) is 0 Å². The smallest absolute Gasteiger partial charge is 0.403 e. The normalized spacial score (nSPS) is 12.3. The Hall–Kier alpha value is -2.14. The molecule has 106 valence electrons. The van der Waals surface area contributed by atoms with Crippen LogP contribution in [0.2, 0.25) is 0 Å². The highest BCUT2D eigenvalue weighted by atomic mass is 16.6. The van der Waals surface area contributed by atoms with E-state index in [1.54, 1.807) is 0 Å². The fraction of sp³-hybridized carbons (Fsp3) is 0.333. The number of nitrogens with zero attached hydrogens (tertiary/aromatic N) is 1. The summed E-state index contributed by atoms with van der Waals surface area (Å²) in [6.45, 7) is 4.04. The van der Waals surface area contributed by atoms with Gasteiger partial charge in [-0.3, -0.25) is 10.1 Å².